The topological polar surface area (TPSA) is 21.3 Å². The molecule has 1 N–H and O–H groups in total. The van der Waals surface area contributed by atoms with Crippen molar-refractivity contribution in [2.45, 2.75) is 18.9 Å². The summed E-state index contributed by atoms with van der Waals surface area (Å²) >= 11 is 0. The van der Waals surface area contributed by atoms with Crippen molar-refractivity contribution in [2.24, 2.45) is 0 Å². The monoisotopic (exact) mass is 143 g/mol. The Kier molecular flexibility index (Phi) is 6.55. The van der Waals surface area contributed by atoms with Gasteiger partial charge in [-0.05, 0) is 19.9 Å². The molecule has 0 aromatic rings. The molecule has 10 heavy (non-hydrogen) atoms. The smallest absolute Gasteiger partial charge is 0.0477 e. The van der Waals surface area contributed by atoms with Crippen molar-refractivity contribution in [3.63, 3.8) is 0 Å². The van der Waals surface area contributed by atoms with Gasteiger partial charge in [-0.25, -0.2) is 0 Å². The highest BCUT2D eigenvalue weighted by Gasteiger charge is 2.00. The lowest BCUT2D eigenvalue weighted by atomic mass is 10.1. The highest BCUT2D eigenvalue weighted by Crippen LogP contribution is 1.97. The lowest BCUT2D eigenvalue weighted by Crippen LogP contribution is -2.25. The van der Waals surface area contributed by atoms with E-state index in [0.717, 1.165) is 19.4 Å². The average Bonchev–Trinajstić information content (AvgIpc) is 1.98. The van der Waals surface area contributed by atoms with Crippen molar-refractivity contribution in [2.75, 3.05) is 20.8 Å². The Hall–Kier alpha value is -0.340. The summed E-state index contributed by atoms with van der Waals surface area (Å²) in [5.41, 5.74) is 0. The Morgan fingerprint density at radius 1 is 1.70 bits per heavy atom. The summed E-state index contributed by atoms with van der Waals surface area (Å²) in [6, 6.07) is 0.525. The summed E-state index contributed by atoms with van der Waals surface area (Å²) in [6.07, 6.45) is 4.00. The molecule has 0 heterocycles. The molecule has 1 atom stereocenters. The van der Waals surface area contributed by atoms with E-state index < -0.39 is 0 Å². The van der Waals surface area contributed by atoms with E-state index in [0.29, 0.717) is 6.04 Å². The highest BCUT2D eigenvalue weighted by atomic mass is 16.5. The zero-order valence-electron chi connectivity index (χ0n) is 6.89. The minimum atomic E-state index is 0.525. The Morgan fingerprint density at radius 2 is 2.40 bits per heavy atom. The van der Waals surface area contributed by atoms with Gasteiger partial charge < -0.3 is 10.1 Å². The number of rotatable bonds is 6. The van der Waals surface area contributed by atoms with Crippen LogP contribution in [-0.2, 0) is 4.74 Å². The van der Waals surface area contributed by atoms with Crippen LogP contribution in [-0.4, -0.2) is 26.8 Å². The summed E-state index contributed by atoms with van der Waals surface area (Å²) in [5.74, 6) is 0. The van der Waals surface area contributed by atoms with Gasteiger partial charge in [0, 0.05) is 19.8 Å². The Labute approximate surface area is 63.3 Å². The van der Waals surface area contributed by atoms with E-state index in [1.54, 1.807) is 7.11 Å². The molecule has 0 bridgehead atoms. The second kappa shape index (κ2) is 6.78. The normalized spacial score (nSPS) is 13.0. The molecule has 1 unspecified atom stereocenters. The maximum Gasteiger partial charge on any atom is 0.0477 e. The van der Waals surface area contributed by atoms with Crippen molar-refractivity contribution < 1.29 is 4.74 Å². The lowest BCUT2D eigenvalue weighted by molar-refractivity contribution is 0.184. The largest absolute Gasteiger partial charge is 0.385 e. The van der Waals surface area contributed by atoms with E-state index in [9.17, 15) is 0 Å². The second-order valence-electron chi connectivity index (χ2n) is 2.29. The lowest BCUT2D eigenvalue weighted by Gasteiger charge is -2.12. The van der Waals surface area contributed by atoms with Crippen LogP contribution in [0.4, 0.5) is 0 Å². The van der Waals surface area contributed by atoms with Gasteiger partial charge in [0.1, 0.15) is 0 Å². The van der Waals surface area contributed by atoms with Crippen LogP contribution >= 0.6 is 0 Å². The predicted octanol–water partition coefficient (Wildman–Crippen LogP) is 1.19. The van der Waals surface area contributed by atoms with Gasteiger partial charge in [-0.2, -0.15) is 0 Å². The fraction of sp³-hybridized carbons (Fsp3) is 0.750. The molecular weight excluding hydrogens is 126 g/mol. The summed E-state index contributed by atoms with van der Waals surface area (Å²) in [6.45, 7) is 4.49. The number of hydrogen-bond acceptors (Lipinski definition) is 2. The van der Waals surface area contributed by atoms with E-state index in [1.807, 2.05) is 13.1 Å². The quantitative estimate of drug-likeness (QED) is 0.564. The SMILES string of the molecule is C=CCC(CCOC)NC. The predicted molar refractivity (Wildman–Crippen MR) is 44.2 cm³/mol. The molecule has 0 spiro atoms. The summed E-state index contributed by atoms with van der Waals surface area (Å²) < 4.78 is 4.95. The van der Waals surface area contributed by atoms with Crippen LogP contribution in [0.3, 0.4) is 0 Å². The minimum absolute atomic E-state index is 0.525. The number of ether oxygens (including phenoxy) is 1. The van der Waals surface area contributed by atoms with E-state index in [2.05, 4.69) is 11.9 Å². The fourth-order valence-electron chi connectivity index (χ4n) is 0.841. The van der Waals surface area contributed by atoms with Gasteiger partial charge in [0.25, 0.3) is 0 Å². The van der Waals surface area contributed by atoms with Gasteiger partial charge in [0.15, 0.2) is 0 Å². The zero-order valence-corrected chi connectivity index (χ0v) is 6.89. The first-order valence-electron chi connectivity index (χ1n) is 3.62. The molecular formula is C8H17NO. The van der Waals surface area contributed by atoms with Crippen molar-refractivity contribution in [1.82, 2.24) is 5.32 Å². The van der Waals surface area contributed by atoms with Crippen molar-refractivity contribution in [3.05, 3.63) is 12.7 Å². The van der Waals surface area contributed by atoms with Crippen LogP contribution in [0.2, 0.25) is 0 Å². The number of methoxy groups -OCH3 is 1. The Bertz CT molecular complexity index is 83.3. The van der Waals surface area contributed by atoms with Crippen LogP contribution in [0.15, 0.2) is 12.7 Å². The number of nitrogens with one attached hydrogen (secondary N) is 1. The van der Waals surface area contributed by atoms with Crippen LogP contribution in [0, 0.1) is 0 Å². The van der Waals surface area contributed by atoms with E-state index in [4.69, 9.17) is 4.74 Å². The van der Waals surface area contributed by atoms with Gasteiger partial charge in [-0.1, -0.05) is 6.08 Å². The summed E-state index contributed by atoms with van der Waals surface area (Å²) in [5, 5.41) is 3.19. The average molecular weight is 143 g/mol. The molecule has 0 aliphatic heterocycles. The van der Waals surface area contributed by atoms with Gasteiger partial charge in [0.2, 0.25) is 0 Å². The standard InChI is InChI=1S/C8H17NO/c1-4-5-8(9-2)6-7-10-3/h4,8-9H,1,5-7H2,2-3H3. The molecule has 0 amide bonds. The van der Waals surface area contributed by atoms with Crippen molar-refractivity contribution in [3.8, 4) is 0 Å². The zero-order chi connectivity index (χ0) is 7.82. The Morgan fingerprint density at radius 3 is 2.80 bits per heavy atom. The van der Waals surface area contributed by atoms with Crippen molar-refractivity contribution >= 4 is 0 Å². The molecule has 0 saturated carbocycles. The van der Waals surface area contributed by atoms with Crippen molar-refractivity contribution in [1.29, 1.82) is 0 Å². The molecule has 2 nitrogen and oxygen atoms in total. The minimum Gasteiger partial charge on any atom is -0.385 e. The molecule has 2 heteroatoms. The van der Waals surface area contributed by atoms with E-state index >= 15 is 0 Å². The van der Waals surface area contributed by atoms with Crippen LogP contribution in [0.5, 0.6) is 0 Å². The molecule has 0 saturated heterocycles. The highest BCUT2D eigenvalue weighted by molar-refractivity contribution is 4.76. The third kappa shape index (κ3) is 4.53. The van der Waals surface area contributed by atoms with Crippen LogP contribution in [0.25, 0.3) is 0 Å². The summed E-state index contributed by atoms with van der Waals surface area (Å²) in [7, 11) is 3.68. The first-order chi connectivity index (χ1) is 4.85. The first-order valence-corrected chi connectivity index (χ1v) is 3.62. The van der Waals surface area contributed by atoms with E-state index in [-0.39, 0.29) is 0 Å². The van der Waals surface area contributed by atoms with Crippen LogP contribution in [0.1, 0.15) is 12.8 Å². The van der Waals surface area contributed by atoms with Gasteiger partial charge >= 0.3 is 0 Å². The molecule has 0 rings (SSSR count). The molecule has 60 valence electrons. The third-order valence-electron chi connectivity index (χ3n) is 1.53. The molecule has 0 aromatic heterocycles. The van der Waals surface area contributed by atoms with E-state index in [1.165, 1.54) is 0 Å². The maximum atomic E-state index is 4.95. The number of hydrogen-bond donors (Lipinski definition) is 1. The molecule has 0 aliphatic rings. The van der Waals surface area contributed by atoms with Crippen LogP contribution < -0.4 is 5.32 Å². The maximum absolute atomic E-state index is 4.95. The molecule has 0 fully saturated rings. The summed E-state index contributed by atoms with van der Waals surface area (Å²) in [4.78, 5) is 0. The van der Waals surface area contributed by atoms with Gasteiger partial charge in [-0.15, -0.1) is 6.58 Å². The van der Waals surface area contributed by atoms with Gasteiger partial charge in [0.05, 0.1) is 0 Å². The first kappa shape index (κ1) is 9.66. The molecule has 0 aromatic carbocycles. The fourth-order valence-corrected chi connectivity index (χ4v) is 0.841. The Balaban J connectivity index is 3.29. The second-order valence-corrected chi connectivity index (χ2v) is 2.29. The molecule has 0 radical (unpaired) electrons. The third-order valence-corrected chi connectivity index (χ3v) is 1.53. The molecule has 0 aliphatic carbocycles. The van der Waals surface area contributed by atoms with Gasteiger partial charge in [-0.3, -0.25) is 0 Å².